The Morgan fingerprint density at radius 3 is 2.55 bits per heavy atom. The van der Waals surface area contributed by atoms with Crippen molar-refractivity contribution in [3.05, 3.63) is 58.9 Å². The van der Waals surface area contributed by atoms with Crippen molar-refractivity contribution in [2.45, 2.75) is 20.4 Å². The van der Waals surface area contributed by atoms with Gasteiger partial charge in [-0.25, -0.2) is 4.68 Å². The summed E-state index contributed by atoms with van der Waals surface area (Å²) in [7, 11) is 2.03. The van der Waals surface area contributed by atoms with Gasteiger partial charge in [0.15, 0.2) is 0 Å². The minimum Gasteiger partial charge on any atom is -0.297 e. The van der Waals surface area contributed by atoms with E-state index in [9.17, 15) is 0 Å². The zero-order valence-corrected chi connectivity index (χ0v) is 13.0. The largest absolute Gasteiger partial charge is 0.297 e. The first-order valence-corrected chi connectivity index (χ1v) is 6.99. The monoisotopic (exact) mass is 289 g/mol. The third-order valence-electron chi connectivity index (χ3n) is 3.31. The minimum atomic E-state index is 0.651. The van der Waals surface area contributed by atoms with E-state index in [1.165, 1.54) is 11.3 Å². The highest BCUT2D eigenvalue weighted by atomic mass is 35.5. The van der Waals surface area contributed by atoms with Gasteiger partial charge in [0.25, 0.3) is 0 Å². The van der Waals surface area contributed by atoms with Gasteiger partial charge >= 0.3 is 0 Å². The number of hydrogen-bond acceptors (Lipinski definition) is 2. The number of para-hydroxylation sites is 1. The second-order valence-corrected chi connectivity index (χ2v) is 5.62. The predicted molar refractivity (Wildman–Crippen MR) is 84.4 cm³/mol. The van der Waals surface area contributed by atoms with Crippen molar-refractivity contribution in [3.63, 3.8) is 0 Å². The van der Waals surface area contributed by atoms with Crippen molar-refractivity contribution in [1.29, 1.82) is 0 Å². The standard InChI is InChI=1S/C16H20ClN3/c1-12(17)10-19(4)11-16-13(2)18-20(14(16)3)15-8-6-5-7-9-15/h5-9H,1,10-11H2,2-4H3. The molecule has 0 aliphatic rings. The summed E-state index contributed by atoms with van der Waals surface area (Å²) in [5.41, 5.74) is 4.55. The van der Waals surface area contributed by atoms with Gasteiger partial charge in [-0.3, -0.25) is 4.90 Å². The van der Waals surface area contributed by atoms with Gasteiger partial charge in [0.2, 0.25) is 0 Å². The molecule has 0 unspecified atom stereocenters. The molecule has 0 N–H and O–H groups in total. The molecule has 4 heteroatoms. The number of halogens is 1. The van der Waals surface area contributed by atoms with Gasteiger partial charge in [0.1, 0.15) is 0 Å². The first-order chi connectivity index (χ1) is 9.49. The molecule has 0 aliphatic carbocycles. The van der Waals surface area contributed by atoms with Gasteiger partial charge in [-0.05, 0) is 33.0 Å². The second kappa shape index (κ2) is 6.25. The normalized spacial score (nSPS) is 11.1. The second-order valence-electron chi connectivity index (χ2n) is 5.09. The fourth-order valence-corrected chi connectivity index (χ4v) is 2.55. The lowest BCUT2D eigenvalue weighted by Crippen LogP contribution is -2.19. The maximum atomic E-state index is 5.86. The lowest BCUT2D eigenvalue weighted by atomic mass is 10.2. The summed E-state index contributed by atoms with van der Waals surface area (Å²) < 4.78 is 1.99. The SMILES string of the molecule is C=C(Cl)CN(C)Cc1c(C)nn(-c2ccccc2)c1C. The molecule has 0 radical (unpaired) electrons. The molecular weight excluding hydrogens is 270 g/mol. The van der Waals surface area contributed by atoms with Crippen LogP contribution in [0.15, 0.2) is 41.9 Å². The van der Waals surface area contributed by atoms with Crippen LogP contribution in [0.4, 0.5) is 0 Å². The molecule has 0 spiro atoms. The van der Waals surface area contributed by atoms with E-state index < -0.39 is 0 Å². The number of rotatable bonds is 5. The predicted octanol–water partition coefficient (Wildman–Crippen LogP) is 3.67. The van der Waals surface area contributed by atoms with Crippen LogP contribution in [0.3, 0.4) is 0 Å². The van der Waals surface area contributed by atoms with Crippen molar-refractivity contribution >= 4 is 11.6 Å². The van der Waals surface area contributed by atoms with Gasteiger partial charge in [-0.15, -0.1) is 0 Å². The van der Waals surface area contributed by atoms with E-state index in [4.69, 9.17) is 11.6 Å². The Labute approximate surface area is 125 Å². The molecule has 3 nitrogen and oxygen atoms in total. The maximum Gasteiger partial charge on any atom is 0.0648 e. The molecule has 1 aromatic carbocycles. The molecule has 1 heterocycles. The van der Waals surface area contributed by atoms with Gasteiger partial charge in [-0.1, -0.05) is 36.4 Å². The number of benzene rings is 1. The van der Waals surface area contributed by atoms with E-state index in [-0.39, 0.29) is 0 Å². The highest BCUT2D eigenvalue weighted by Crippen LogP contribution is 2.19. The lowest BCUT2D eigenvalue weighted by Gasteiger charge is -2.16. The number of nitrogens with zero attached hydrogens (tertiary/aromatic N) is 3. The average Bonchev–Trinajstić information content (AvgIpc) is 2.67. The van der Waals surface area contributed by atoms with Crippen molar-refractivity contribution in [2.75, 3.05) is 13.6 Å². The Morgan fingerprint density at radius 2 is 1.95 bits per heavy atom. The van der Waals surface area contributed by atoms with Crippen LogP contribution >= 0.6 is 11.6 Å². The Kier molecular flexibility index (Phi) is 4.63. The molecule has 0 saturated heterocycles. The van der Waals surface area contributed by atoms with Crippen molar-refractivity contribution in [1.82, 2.24) is 14.7 Å². The molecule has 0 saturated carbocycles. The topological polar surface area (TPSA) is 21.1 Å². The number of aromatic nitrogens is 2. The van der Waals surface area contributed by atoms with Gasteiger partial charge in [0.05, 0.1) is 11.4 Å². The molecule has 20 heavy (non-hydrogen) atoms. The van der Waals surface area contributed by atoms with E-state index in [1.54, 1.807) is 0 Å². The minimum absolute atomic E-state index is 0.651. The molecule has 0 fully saturated rings. The van der Waals surface area contributed by atoms with Crippen LogP contribution in [0.2, 0.25) is 0 Å². The number of likely N-dealkylation sites (N-methyl/N-ethyl adjacent to an activating group) is 1. The summed E-state index contributed by atoms with van der Waals surface area (Å²) in [6.07, 6.45) is 0. The highest BCUT2D eigenvalue weighted by Gasteiger charge is 2.14. The van der Waals surface area contributed by atoms with Crippen LogP contribution in [0.1, 0.15) is 17.0 Å². The number of aryl methyl sites for hydroxylation is 1. The fourth-order valence-electron chi connectivity index (χ4n) is 2.34. The van der Waals surface area contributed by atoms with Crippen LogP contribution in [-0.2, 0) is 6.54 Å². The van der Waals surface area contributed by atoms with Crippen molar-refractivity contribution < 1.29 is 0 Å². The summed E-state index contributed by atoms with van der Waals surface area (Å²) in [4.78, 5) is 2.14. The molecule has 1 aromatic heterocycles. The van der Waals surface area contributed by atoms with Crippen molar-refractivity contribution in [2.24, 2.45) is 0 Å². The van der Waals surface area contributed by atoms with Crippen LogP contribution < -0.4 is 0 Å². The summed E-state index contributed by atoms with van der Waals surface area (Å²) in [5, 5.41) is 5.30. The third kappa shape index (κ3) is 3.30. The molecule has 0 atom stereocenters. The van der Waals surface area contributed by atoms with Gasteiger partial charge < -0.3 is 0 Å². The van der Waals surface area contributed by atoms with Crippen LogP contribution in [-0.4, -0.2) is 28.3 Å². The Hall–Kier alpha value is -1.58. The maximum absolute atomic E-state index is 5.86. The zero-order valence-electron chi connectivity index (χ0n) is 12.2. The Bertz CT molecular complexity index is 602. The van der Waals surface area contributed by atoms with E-state index in [0.717, 1.165) is 17.9 Å². The fraction of sp³-hybridized carbons (Fsp3) is 0.312. The van der Waals surface area contributed by atoms with E-state index in [2.05, 4.69) is 35.6 Å². The van der Waals surface area contributed by atoms with E-state index >= 15 is 0 Å². The molecule has 0 bridgehead atoms. The van der Waals surface area contributed by atoms with Crippen LogP contribution in [0.25, 0.3) is 5.69 Å². The molecule has 2 rings (SSSR count). The lowest BCUT2D eigenvalue weighted by molar-refractivity contribution is 0.359. The van der Waals surface area contributed by atoms with Crippen LogP contribution in [0, 0.1) is 13.8 Å². The molecule has 2 aromatic rings. The average molecular weight is 290 g/mol. The summed E-state index contributed by atoms with van der Waals surface area (Å²) >= 11 is 5.86. The van der Waals surface area contributed by atoms with Crippen LogP contribution in [0.5, 0.6) is 0 Å². The van der Waals surface area contributed by atoms with E-state index in [0.29, 0.717) is 11.6 Å². The Balaban J connectivity index is 2.28. The van der Waals surface area contributed by atoms with Gasteiger partial charge in [0, 0.05) is 29.4 Å². The smallest absolute Gasteiger partial charge is 0.0648 e. The summed E-state index contributed by atoms with van der Waals surface area (Å²) in [6, 6.07) is 10.2. The zero-order chi connectivity index (χ0) is 14.7. The summed E-state index contributed by atoms with van der Waals surface area (Å²) in [5.74, 6) is 0. The van der Waals surface area contributed by atoms with E-state index in [1.807, 2.05) is 36.9 Å². The number of hydrogen-bond donors (Lipinski definition) is 0. The first kappa shape index (κ1) is 14.8. The van der Waals surface area contributed by atoms with Gasteiger partial charge in [-0.2, -0.15) is 5.10 Å². The Morgan fingerprint density at radius 1 is 1.30 bits per heavy atom. The third-order valence-corrected chi connectivity index (χ3v) is 3.43. The molecule has 0 aliphatic heterocycles. The summed E-state index contributed by atoms with van der Waals surface area (Å²) in [6.45, 7) is 9.38. The molecular formula is C16H20ClN3. The molecule has 0 amide bonds. The quantitative estimate of drug-likeness (QED) is 0.837. The van der Waals surface area contributed by atoms with Crippen molar-refractivity contribution in [3.8, 4) is 5.69 Å². The molecule has 106 valence electrons. The highest BCUT2D eigenvalue weighted by molar-refractivity contribution is 6.29. The first-order valence-electron chi connectivity index (χ1n) is 6.61.